The van der Waals surface area contributed by atoms with E-state index in [0.29, 0.717) is 25.1 Å². The van der Waals surface area contributed by atoms with E-state index in [1.165, 1.54) is 17.4 Å². The molecular weight excluding hydrogens is 536 g/mol. The molecular formula is C21H18Br2N2O4S. The summed E-state index contributed by atoms with van der Waals surface area (Å²) in [6, 6.07) is 5.10. The molecule has 1 heterocycles. The predicted octanol–water partition coefficient (Wildman–Crippen LogP) is 5.58. The molecule has 0 aliphatic heterocycles. The van der Waals surface area contributed by atoms with Gasteiger partial charge in [0.15, 0.2) is 0 Å². The molecule has 0 radical (unpaired) electrons. The number of carbonyl (C=O) groups is 2. The Morgan fingerprint density at radius 1 is 1.30 bits per heavy atom. The summed E-state index contributed by atoms with van der Waals surface area (Å²) in [4.78, 5) is 26.4. The molecule has 0 fully saturated rings. The summed E-state index contributed by atoms with van der Waals surface area (Å²) in [6.45, 7) is 1.98. The van der Waals surface area contributed by atoms with Crippen molar-refractivity contribution in [3.8, 4) is 11.8 Å². The highest BCUT2D eigenvalue weighted by Crippen LogP contribution is 2.39. The number of rotatable bonds is 5. The number of aromatic hydroxyl groups is 1. The molecule has 1 aromatic heterocycles. The van der Waals surface area contributed by atoms with Crippen LogP contribution in [-0.2, 0) is 22.4 Å². The van der Waals surface area contributed by atoms with E-state index in [1.807, 2.05) is 6.07 Å². The summed E-state index contributed by atoms with van der Waals surface area (Å²) in [5.41, 5.74) is 1.77. The number of amides is 1. The van der Waals surface area contributed by atoms with Gasteiger partial charge in [0, 0.05) is 4.88 Å². The number of phenolic OH excluding ortho intramolecular Hbond substituents is 1. The average molecular weight is 554 g/mol. The number of nitrogens with zero attached hydrogens (tertiary/aromatic N) is 1. The lowest BCUT2D eigenvalue weighted by atomic mass is 9.95. The Kier molecular flexibility index (Phi) is 7.34. The van der Waals surface area contributed by atoms with Crippen molar-refractivity contribution in [2.24, 2.45) is 0 Å². The monoisotopic (exact) mass is 552 g/mol. The molecule has 1 aliphatic rings. The number of benzene rings is 1. The zero-order chi connectivity index (χ0) is 21.8. The maximum Gasteiger partial charge on any atom is 0.341 e. The Bertz CT molecular complexity index is 1060. The number of nitriles is 1. The van der Waals surface area contributed by atoms with Gasteiger partial charge < -0.3 is 15.2 Å². The minimum atomic E-state index is -0.609. The molecule has 3 rings (SSSR count). The quantitative estimate of drug-likeness (QED) is 0.286. The molecule has 9 heteroatoms. The van der Waals surface area contributed by atoms with E-state index in [0.717, 1.165) is 36.1 Å². The molecule has 156 valence electrons. The number of anilines is 1. The van der Waals surface area contributed by atoms with Gasteiger partial charge in [-0.05, 0) is 93.8 Å². The summed E-state index contributed by atoms with van der Waals surface area (Å²) in [7, 11) is 0. The van der Waals surface area contributed by atoms with Gasteiger partial charge in [-0.25, -0.2) is 4.79 Å². The molecule has 2 aromatic rings. The fourth-order valence-electron chi connectivity index (χ4n) is 3.23. The van der Waals surface area contributed by atoms with E-state index in [2.05, 4.69) is 37.2 Å². The summed E-state index contributed by atoms with van der Waals surface area (Å²) in [5.74, 6) is -1.04. The number of phenols is 1. The smallest absolute Gasteiger partial charge is 0.341 e. The minimum absolute atomic E-state index is 0.0263. The number of carbonyl (C=O) groups excluding carboxylic acids is 2. The predicted molar refractivity (Wildman–Crippen MR) is 123 cm³/mol. The van der Waals surface area contributed by atoms with Gasteiger partial charge in [-0.1, -0.05) is 0 Å². The van der Waals surface area contributed by atoms with Crippen molar-refractivity contribution >= 4 is 66.2 Å². The van der Waals surface area contributed by atoms with Gasteiger partial charge in [0.1, 0.15) is 22.4 Å². The first-order valence-electron chi connectivity index (χ1n) is 9.28. The Morgan fingerprint density at radius 2 is 1.97 bits per heavy atom. The molecule has 1 aliphatic carbocycles. The second-order valence-corrected chi connectivity index (χ2v) is 9.41. The third-order valence-corrected chi connectivity index (χ3v) is 7.01. The van der Waals surface area contributed by atoms with Crippen LogP contribution in [0.2, 0.25) is 0 Å². The van der Waals surface area contributed by atoms with Crippen molar-refractivity contribution in [1.82, 2.24) is 0 Å². The van der Waals surface area contributed by atoms with E-state index in [1.54, 1.807) is 19.1 Å². The second-order valence-electron chi connectivity index (χ2n) is 6.59. The third kappa shape index (κ3) is 4.77. The van der Waals surface area contributed by atoms with Gasteiger partial charge in [-0.3, -0.25) is 4.79 Å². The molecule has 2 N–H and O–H groups in total. The zero-order valence-electron chi connectivity index (χ0n) is 16.1. The van der Waals surface area contributed by atoms with Crippen molar-refractivity contribution in [2.45, 2.75) is 32.6 Å². The van der Waals surface area contributed by atoms with Crippen LogP contribution < -0.4 is 5.32 Å². The van der Waals surface area contributed by atoms with Gasteiger partial charge in [0.25, 0.3) is 5.91 Å². The number of thiophene rings is 1. The van der Waals surface area contributed by atoms with Gasteiger partial charge in [-0.15, -0.1) is 11.3 Å². The van der Waals surface area contributed by atoms with Gasteiger partial charge >= 0.3 is 5.97 Å². The zero-order valence-corrected chi connectivity index (χ0v) is 20.0. The lowest BCUT2D eigenvalue weighted by molar-refractivity contribution is -0.112. The number of nitrogens with one attached hydrogen (secondary N) is 1. The summed E-state index contributed by atoms with van der Waals surface area (Å²) < 4.78 is 6.05. The minimum Gasteiger partial charge on any atom is -0.506 e. The first kappa shape index (κ1) is 22.5. The summed E-state index contributed by atoms with van der Waals surface area (Å²) in [5, 5.41) is 22.5. The molecule has 0 unspecified atom stereocenters. The van der Waals surface area contributed by atoms with E-state index in [9.17, 15) is 20.0 Å². The van der Waals surface area contributed by atoms with Crippen LogP contribution in [0.5, 0.6) is 5.75 Å². The molecule has 30 heavy (non-hydrogen) atoms. The lowest BCUT2D eigenvalue weighted by Gasteiger charge is -2.12. The first-order valence-corrected chi connectivity index (χ1v) is 11.7. The van der Waals surface area contributed by atoms with Crippen LogP contribution in [0.25, 0.3) is 6.08 Å². The second kappa shape index (κ2) is 9.77. The lowest BCUT2D eigenvalue weighted by Crippen LogP contribution is -2.16. The Balaban J connectivity index is 1.93. The molecule has 1 aromatic carbocycles. The van der Waals surface area contributed by atoms with Crippen molar-refractivity contribution in [2.75, 3.05) is 11.9 Å². The third-order valence-electron chi connectivity index (χ3n) is 4.59. The summed E-state index contributed by atoms with van der Waals surface area (Å²) in [6.07, 6.45) is 5.07. The van der Waals surface area contributed by atoms with E-state index < -0.39 is 11.9 Å². The normalized spacial score (nSPS) is 13.3. The highest BCUT2D eigenvalue weighted by atomic mass is 79.9. The van der Waals surface area contributed by atoms with Crippen LogP contribution in [0.1, 0.15) is 46.1 Å². The highest BCUT2D eigenvalue weighted by Gasteiger charge is 2.27. The van der Waals surface area contributed by atoms with Crippen molar-refractivity contribution in [3.05, 3.63) is 48.2 Å². The number of esters is 1. The van der Waals surface area contributed by atoms with E-state index >= 15 is 0 Å². The van der Waals surface area contributed by atoms with Crippen LogP contribution in [0.15, 0.2) is 26.7 Å². The largest absolute Gasteiger partial charge is 0.506 e. The number of halogens is 2. The van der Waals surface area contributed by atoms with E-state index in [-0.39, 0.29) is 17.9 Å². The number of hydrogen-bond donors (Lipinski definition) is 2. The van der Waals surface area contributed by atoms with Crippen LogP contribution >= 0.6 is 43.2 Å². The fraction of sp³-hybridized carbons (Fsp3) is 0.286. The van der Waals surface area contributed by atoms with Crippen molar-refractivity contribution < 1.29 is 19.4 Å². The SMILES string of the molecule is CCOC(=O)c1c(NC(=O)C(C#N)=Cc2cc(Br)c(O)c(Br)c2)sc2c1CCCC2. The standard InChI is InChI=1S/C21H18Br2N2O4S/c1-2-29-21(28)17-13-5-3-4-6-16(13)30-20(17)25-19(27)12(10-24)7-11-8-14(22)18(26)15(23)9-11/h7-9,26H,2-6H2,1H3,(H,25,27). The Labute approximate surface area is 194 Å². The first-order chi connectivity index (χ1) is 14.3. The maximum atomic E-state index is 12.8. The molecule has 0 atom stereocenters. The molecule has 0 saturated heterocycles. The van der Waals surface area contributed by atoms with Crippen LogP contribution in [0, 0.1) is 11.3 Å². The molecule has 0 saturated carbocycles. The average Bonchev–Trinajstić information content (AvgIpc) is 3.08. The van der Waals surface area contributed by atoms with Gasteiger partial charge in [0.05, 0.1) is 21.1 Å². The van der Waals surface area contributed by atoms with E-state index in [4.69, 9.17) is 4.74 Å². The van der Waals surface area contributed by atoms with Gasteiger partial charge in [-0.2, -0.15) is 5.26 Å². The van der Waals surface area contributed by atoms with Crippen molar-refractivity contribution in [3.63, 3.8) is 0 Å². The number of hydrogen-bond acceptors (Lipinski definition) is 6. The maximum absolute atomic E-state index is 12.8. The number of fused-ring (bicyclic) bond motifs is 1. The van der Waals surface area contributed by atoms with Crippen molar-refractivity contribution in [1.29, 1.82) is 5.26 Å². The summed E-state index contributed by atoms with van der Waals surface area (Å²) >= 11 is 7.83. The number of ether oxygens (including phenoxy) is 1. The van der Waals surface area contributed by atoms with Gasteiger partial charge in [0.2, 0.25) is 0 Å². The highest BCUT2D eigenvalue weighted by molar-refractivity contribution is 9.11. The topological polar surface area (TPSA) is 99.4 Å². The number of aryl methyl sites for hydroxylation is 1. The molecule has 1 amide bonds. The Morgan fingerprint density at radius 3 is 2.60 bits per heavy atom. The molecule has 0 bridgehead atoms. The Hall–Kier alpha value is -2.15. The molecule has 0 spiro atoms. The van der Waals surface area contributed by atoms with Crippen LogP contribution in [0.3, 0.4) is 0 Å². The van der Waals surface area contributed by atoms with Crippen LogP contribution in [-0.4, -0.2) is 23.6 Å². The van der Waals surface area contributed by atoms with Crippen LogP contribution in [0.4, 0.5) is 5.00 Å². The molecule has 6 nitrogen and oxygen atoms in total. The fourth-order valence-corrected chi connectivity index (χ4v) is 5.72.